The molecule has 0 N–H and O–H groups in total. The lowest BCUT2D eigenvalue weighted by Crippen LogP contribution is -2.52. The second-order valence-electron chi connectivity index (χ2n) is 8.92. The number of rotatable bonds is 8. The first-order valence-electron chi connectivity index (χ1n) is 10.8. The van der Waals surface area contributed by atoms with Crippen LogP contribution in [0.15, 0.2) is 60.7 Å². The van der Waals surface area contributed by atoms with Gasteiger partial charge < -0.3 is 14.2 Å². The van der Waals surface area contributed by atoms with Crippen LogP contribution >= 0.6 is 0 Å². The van der Waals surface area contributed by atoms with Gasteiger partial charge >= 0.3 is 5.97 Å². The summed E-state index contributed by atoms with van der Waals surface area (Å²) in [5, 5.41) is 1.39. The summed E-state index contributed by atoms with van der Waals surface area (Å²) in [4.78, 5) is 12.4. The van der Waals surface area contributed by atoms with Gasteiger partial charge in [-0.1, -0.05) is 85.9 Å². The zero-order valence-electron chi connectivity index (χ0n) is 18.7. The molecular formula is C25H34O4Si. The quantitative estimate of drug-likeness (QED) is 0.464. The van der Waals surface area contributed by atoms with Crippen molar-refractivity contribution in [3.63, 3.8) is 0 Å². The minimum absolute atomic E-state index is 0.0358. The Hall–Kier alpha value is -1.95. The van der Waals surface area contributed by atoms with E-state index in [9.17, 15) is 4.79 Å². The fourth-order valence-corrected chi connectivity index (χ4v) is 9.03. The zero-order chi connectivity index (χ0) is 21.7. The van der Waals surface area contributed by atoms with Crippen LogP contribution in [0, 0.1) is 11.8 Å². The molecule has 162 valence electrons. The van der Waals surface area contributed by atoms with Gasteiger partial charge in [0.05, 0.1) is 46.5 Å². The SMILES string of the molecule is COC(=O)[C@H](C)[C@@H]1O[C@H](COCc2ccccc2)[C@H](C)[C@H]1[Si](C)(C)c1ccccc1. The number of hydrogen-bond acceptors (Lipinski definition) is 4. The highest BCUT2D eigenvalue weighted by Crippen LogP contribution is 2.46. The van der Waals surface area contributed by atoms with E-state index in [0.29, 0.717) is 24.7 Å². The Kier molecular flexibility index (Phi) is 7.50. The van der Waals surface area contributed by atoms with Crippen LogP contribution in [0.1, 0.15) is 19.4 Å². The molecule has 0 spiro atoms. The molecule has 1 aliphatic heterocycles. The Morgan fingerprint density at radius 1 is 1.07 bits per heavy atom. The summed E-state index contributed by atoms with van der Waals surface area (Å²) < 4.78 is 17.6. The van der Waals surface area contributed by atoms with Crippen LogP contribution in [0.2, 0.25) is 18.6 Å². The van der Waals surface area contributed by atoms with E-state index >= 15 is 0 Å². The maximum Gasteiger partial charge on any atom is 0.311 e. The summed E-state index contributed by atoms with van der Waals surface area (Å²) in [7, 11) is -0.476. The van der Waals surface area contributed by atoms with Gasteiger partial charge in [-0.05, 0) is 23.9 Å². The summed E-state index contributed by atoms with van der Waals surface area (Å²) in [5.74, 6) is -0.224. The van der Waals surface area contributed by atoms with E-state index in [2.05, 4.69) is 62.5 Å². The third-order valence-corrected chi connectivity index (χ3v) is 11.0. The average molecular weight is 427 g/mol. The highest BCUT2D eigenvalue weighted by Gasteiger charge is 2.53. The molecule has 0 aliphatic carbocycles. The van der Waals surface area contributed by atoms with Crippen LogP contribution < -0.4 is 5.19 Å². The van der Waals surface area contributed by atoms with Crippen molar-refractivity contribution in [2.45, 2.75) is 51.3 Å². The van der Waals surface area contributed by atoms with Crippen LogP contribution in [-0.4, -0.2) is 40.0 Å². The van der Waals surface area contributed by atoms with Crippen molar-refractivity contribution >= 4 is 19.2 Å². The lowest BCUT2D eigenvalue weighted by molar-refractivity contribution is -0.150. The number of carbonyl (C=O) groups excluding carboxylic acids is 1. The molecule has 2 aromatic carbocycles. The lowest BCUT2D eigenvalue weighted by Gasteiger charge is -2.37. The van der Waals surface area contributed by atoms with E-state index in [4.69, 9.17) is 14.2 Å². The number of esters is 1. The van der Waals surface area contributed by atoms with E-state index in [1.807, 2.05) is 25.1 Å². The molecule has 1 aliphatic rings. The summed E-state index contributed by atoms with van der Waals surface area (Å²) in [6, 6.07) is 20.9. The molecule has 1 heterocycles. The molecule has 5 atom stereocenters. The van der Waals surface area contributed by atoms with Crippen molar-refractivity contribution in [2.24, 2.45) is 11.8 Å². The van der Waals surface area contributed by atoms with Gasteiger partial charge in [0.2, 0.25) is 0 Å². The molecule has 4 nitrogen and oxygen atoms in total. The van der Waals surface area contributed by atoms with Gasteiger partial charge in [-0.3, -0.25) is 4.79 Å². The monoisotopic (exact) mass is 426 g/mol. The number of carbonyl (C=O) groups is 1. The second-order valence-corrected chi connectivity index (χ2v) is 13.6. The first-order chi connectivity index (χ1) is 14.4. The maximum atomic E-state index is 12.4. The van der Waals surface area contributed by atoms with Crippen LogP contribution in [0.3, 0.4) is 0 Å². The van der Waals surface area contributed by atoms with Crippen molar-refractivity contribution < 1.29 is 19.0 Å². The topological polar surface area (TPSA) is 44.8 Å². The van der Waals surface area contributed by atoms with Gasteiger partial charge in [0, 0.05) is 0 Å². The highest BCUT2D eigenvalue weighted by molar-refractivity contribution is 6.91. The van der Waals surface area contributed by atoms with E-state index in [1.165, 1.54) is 12.3 Å². The van der Waals surface area contributed by atoms with Crippen molar-refractivity contribution in [3.8, 4) is 0 Å². The molecule has 0 saturated carbocycles. The molecule has 0 bridgehead atoms. The molecule has 1 saturated heterocycles. The van der Waals surface area contributed by atoms with Gasteiger partial charge in [0.25, 0.3) is 0 Å². The van der Waals surface area contributed by atoms with Crippen molar-refractivity contribution in [2.75, 3.05) is 13.7 Å². The molecule has 30 heavy (non-hydrogen) atoms. The Labute approximate surface area is 181 Å². The standard InChI is InChI=1S/C25H34O4Si/c1-18-22(17-28-16-20-12-8-6-9-13-20)29-23(19(2)25(26)27-3)24(18)30(4,5)21-14-10-7-11-15-21/h6-15,18-19,22-24H,16-17H2,1-5H3/t18-,19+,22+,23-,24+/m0/s1. The number of benzene rings is 2. The third-order valence-electron chi connectivity index (χ3n) is 6.65. The van der Waals surface area contributed by atoms with E-state index in [0.717, 1.165) is 5.56 Å². The Morgan fingerprint density at radius 2 is 1.67 bits per heavy atom. The fraction of sp³-hybridized carbons (Fsp3) is 0.480. The summed E-state index contributed by atoms with van der Waals surface area (Å²) in [6.45, 7) is 10.0. The van der Waals surface area contributed by atoms with Gasteiger partial charge in [0.15, 0.2) is 0 Å². The third kappa shape index (κ3) is 4.85. The molecule has 0 radical (unpaired) electrons. The Balaban J connectivity index is 1.79. The van der Waals surface area contributed by atoms with Crippen LogP contribution in [0.5, 0.6) is 0 Å². The van der Waals surface area contributed by atoms with Crippen LogP contribution in [0.25, 0.3) is 0 Å². The van der Waals surface area contributed by atoms with E-state index in [-0.39, 0.29) is 24.1 Å². The number of methoxy groups -OCH3 is 1. The zero-order valence-corrected chi connectivity index (χ0v) is 19.7. The molecule has 5 heteroatoms. The van der Waals surface area contributed by atoms with E-state index < -0.39 is 8.07 Å². The molecule has 2 aromatic rings. The Morgan fingerprint density at radius 3 is 2.27 bits per heavy atom. The predicted octanol–water partition coefficient (Wildman–Crippen LogP) is 4.40. The molecule has 0 amide bonds. The van der Waals surface area contributed by atoms with Crippen molar-refractivity contribution in [1.82, 2.24) is 0 Å². The smallest absolute Gasteiger partial charge is 0.311 e. The minimum atomic E-state index is -1.93. The summed E-state index contributed by atoms with van der Waals surface area (Å²) in [5.41, 5.74) is 1.44. The van der Waals surface area contributed by atoms with Gasteiger partial charge in [-0.2, -0.15) is 0 Å². The normalized spacial score (nSPS) is 25.1. The molecule has 1 fully saturated rings. The number of ether oxygens (including phenoxy) is 3. The summed E-state index contributed by atoms with van der Waals surface area (Å²) in [6.07, 6.45) is -0.203. The van der Waals surface area contributed by atoms with Gasteiger partial charge in [-0.25, -0.2) is 0 Å². The first kappa shape index (κ1) is 22.7. The van der Waals surface area contributed by atoms with Crippen LogP contribution in [-0.2, 0) is 25.6 Å². The largest absolute Gasteiger partial charge is 0.469 e. The predicted molar refractivity (Wildman–Crippen MR) is 122 cm³/mol. The van der Waals surface area contributed by atoms with E-state index in [1.54, 1.807) is 0 Å². The molecule has 3 rings (SSSR count). The Bertz CT molecular complexity index is 808. The van der Waals surface area contributed by atoms with Crippen LogP contribution in [0.4, 0.5) is 0 Å². The summed E-state index contributed by atoms with van der Waals surface area (Å²) >= 11 is 0. The maximum absolute atomic E-state index is 12.4. The number of hydrogen-bond donors (Lipinski definition) is 0. The van der Waals surface area contributed by atoms with Gasteiger partial charge in [-0.15, -0.1) is 0 Å². The molecule has 0 unspecified atom stereocenters. The highest BCUT2D eigenvalue weighted by atomic mass is 28.3. The minimum Gasteiger partial charge on any atom is -0.469 e. The first-order valence-corrected chi connectivity index (χ1v) is 13.8. The van der Waals surface area contributed by atoms with Crippen molar-refractivity contribution in [3.05, 3.63) is 66.2 Å². The molecule has 0 aromatic heterocycles. The fourth-order valence-electron chi connectivity index (χ4n) is 4.88. The van der Waals surface area contributed by atoms with Gasteiger partial charge in [0.1, 0.15) is 0 Å². The van der Waals surface area contributed by atoms with Crippen molar-refractivity contribution in [1.29, 1.82) is 0 Å². The molecular weight excluding hydrogens is 392 g/mol. The second kappa shape index (κ2) is 9.90. The average Bonchev–Trinajstić information content (AvgIpc) is 3.11. The lowest BCUT2D eigenvalue weighted by atomic mass is 9.95.